The van der Waals surface area contributed by atoms with E-state index in [-0.39, 0.29) is 5.63 Å². The molecule has 0 saturated heterocycles. The first kappa shape index (κ1) is 15.2. The summed E-state index contributed by atoms with van der Waals surface area (Å²) in [5.74, 6) is 0. The smallest absolute Gasteiger partial charge is 0.336 e. The number of pyridine rings is 1. The molecule has 23 heavy (non-hydrogen) atoms. The SMILES string of the molecule is Cc1cc(=O)oc2cc(NC(=S)NCc3ccncc3)ccc12. The van der Waals surface area contributed by atoms with E-state index in [1.54, 1.807) is 18.5 Å². The van der Waals surface area contributed by atoms with Crippen LogP contribution in [0.15, 0.2) is 58.0 Å². The summed E-state index contributed by atoms with van der Waals surface area (Å²) in [7, 11) is 0. The monoisotopic (exact) mass is 325 g/mol. The fourth-order valence-corrected chi connectivity index (χ4v) is 2.45. The van der Waals surface area contributed by atoms with Crippen LogP contribution in [-0.4, -0.2) is 10.1 Å². The standard InChI is InChI=1S/C17H15N3O2S/c1-11-8-16(21)22-15-9-13(2-3-14(11)15)20-17(23)19-10-12-4-6-18-7-5-12/h2-9H,10H2,1H3,(H2,19,20,23). The van der Waals surface area contributed by atoms with Gasteiger partial charge in [0.1, 0.15) is 5.58 Å². The highest BCUT2D eigenvalue weighted by Gasteiger charge is 2.04. The average Bonchev–Trinajstić information content (AvgIpc) is 2.53. The molecule has 0 aliphatic rings. The predicted octanol–water partition coefficient (Wildman–Crippen LogP) is 2.98. The van der Waals surface area contributed by atoms with Crippen LogP contribution in [0.5, 0.6) is 0 Å². The number of nitrogens with one attached hydrogen (secondary N) is 2. The number of fused-ring (bicyclic) bond motifs is 1. The number of benzene rings is 1. The van der Waals surface area contributed by atoms with E-state index in [2.05, 4.69) is 15.6 Å². The second kappa shape index (κ2) is 6.58. The minimum Gasteiger partial charge on any atom is -0.423 e. The van der Waals surface area contributed by atoms with Gasteiger partial charge in [-0.05, 0) is 54.5 Å². The maximum Gasteiger partial charge on any atom is 0.336 e. The second-order valence-corrected chi connectivity index (χ2v) is 5.53. The van der Waals surface area contributed by atoms with E-state index in [9.17, 15) is 4.79 Å². The van der Waals surface area contributed by atoms with Crippen LogP contribution in [-0.2, 0) is 6.54 Å². The highest BCUT2D eigenvalue weighted by molar-refractivity contribution is 7.80. The molecule has 116 valence electrons. The van der Waals surface area contributed by atoms with Gasteiger partial charge in [-0.3, -0.25) is 4.98 Å². The molecule has 5 nitrogen and oxygen atoms in total. The lowest BCUT2D eigenvalue weighted by molar-refractivity contribution is 0.560. The maximum atomic E-state index is 11.5. The van der Waals surface area contributed by atoms with Gasteiger partial charge in [-0.15, -0.1) is 0 Å². The first-order valence-corrected chi connectivity index (χ1v) is 7.51. The number of rotatable bonds is 3. The quantitative estimate of drug-likeness (QED) is 0.570. The van der Waals surface area contributed by atoms with Crippen molar-refractivity contribution in [1.29, 1.82) is 0 Å². The van der Waals surface area contributed by atoms with E-state index in [4.69, 9.17) is 16.6 Å². The summed E-state index contributed by atoms with van der Waals surface area (Å²) in [4.78, 5) is 15.4. The molecule has 3 aromatic rings. The zero-order valence-electron chi connectivity index (χ0n) is 12.5. The minimum atomic E-state index is -0.356. The molecule has 2 N–H and O–H groups in total. The molecule has 0 fully saturated rings. The summed E-state index contributed by atoms with van der Waals surface area (Å²) in [6.07, 6.45) is 3.47. The Hall–Kier alpha value is -2.73. The largest absolute Gasteiger partial charge is 0.423 e. The zero-order valence-corrected chi connectivity index (χ0v) is 13.3. The molecule has 0 radical (unpaired) electrons. The van der Waals surface area contributed by atoms with Crippen LogP contribution in [0.3, 0.4) is 0 Å². The summed E-state index contributed by atoms with van der Waals surface area (Å²) in [5, 5.41) is 7.61. The Balaban J connectivity index is 1.71. The molecule has 0 aliphatic carbocycles. The molecule has 2 heterocycles. The Morgan fingerprint density at radius 3 is 2.78 bits per heavy atom. The Kier molecular flexibility index (Phi) is 4.34. The Morgan fingerprint density at radius 1 is 1.22 bits per heavy atom. The van der Waals surface area contributed by atoms with Gasteiger partial charge < -0.3 is 15.1 Å². The van der Waals surface area contributed by atoms with Crippen molar-refractivity contribution >= 4 is 34.0 Å². The van der Waals surface area contributed by atoms with Crippen LogP contribution in [0.25, 0.3) is 11.0 Å². The van der Waals surface area contributed by atoms with E-state index in [1.165, 1.54) is 6.07 Å². The van der Waals surface area contributed by atoms with Gasteiger partial charge in [0.2, 0.25) is 0 Å². The van der Waals surface area contributed by atoms with Gasteiger partial charge >= 0.3 is 5.63 Å². The third-order valence-electron chi connectivity index (χ3n) is 3.41. The minimum absolute atomic E-state index is 0.356. The molecule has 3 rings (SSSR count). The fourth-order valence-electron chi connectivity index (χ4n) is 2.26. The zero-order chi connectivity index (χ0) is 16.2. The normalized spacial score (nSPS) is 10.5. The summed E-state index contributed by atoms with van der Waals surface area (Å²) in [6, 6.07) is 10.9. The Labute approximate surface area is 138 Å². The molecule has 0 saturated carbocycles. The molecule has 0 atom stereocenters. The first-order chi connectivity index (χ1) is 11.1. The van der Waals surface area contributed by atoms with E-state index in [0.717, 1.165) is 22.2 Å². The summed E-state index contributed by atoms with van der Waals surface area (Å²) < 4.78 is 5.23. The van der Waals surface area contributed by atoms with Crippen LogP contribution < -0.4 is 16.3 Å². The molecular formula is C17H15N3O2S. The molecule has 0 aliphatic heterocycles. The van der Waals surface area contributed by atoms with Crippen molar-refractivity contribution in [3.63, 3.8) is 0 Å². The van der Waals surface area contributed by atoms with E-state index in [0.29, 0.717) is 17.2 Å². The third kappa shape index (κ3) is 3.73. The molecule has 0 spiro atoms. The van der Waals surface area contributed by atoms with Gasteiger partial charge in [-0.25, -0.2) is 4.79 Å². The lowest BCUT2D eigenvalue weighted by Crippen LogP contribution is -2.27. The van der Waals surface area contributed by atoms with Crippen molar-refractivity contribution in [2.75, 3.05) is 5.32 Å². The Bertz CT molecular complexity index is 907. The van der Waals surface area contributed by atoms with Gasteiger partial charge in [-0.1, -0.05) is 0 Å². The number of aromatic nitrogens is 1. The Morgan fingerprint density at radius 2 is 2.00 bits per heavy atom. The van der Waals surface area contributed by atoms with E-state index >= 15 is 0 Å². The number of anilines is 1. The molecule has 1 aromatic carbocycles. The number of hydrogen-bond donors (Lipinski definition) is 2. The predicted molar refractivity (Wildman–Crippen MR) is 94.5 cm³/mol. The fraction of sp³-hybridized carbons (Fsp3) is 0.118. The van der Waals surface area contributed by atoms with Crippen LogP contribution in [0, 0.1) is 6.92 Å². The molecular weight excluding hydrogens is 310 g/mol. The first-order valence-electron chi connectivity index (χ1n) is 7.10. The number of hydrogen-bond acceptors (Lipinski definition) is 4. The van der Waals surface area contributed by atoms with Gasteiger partial charge in [0.25, 0.3) is 0 Å². The topological polar surface area (TPSA) is 67.2 Å². The molecule has 6 heteroatoms. The summed E-state index contributed by atoms with van der Waals surface area (Å²) >= 11 is 5.28. The van der Waals surface area contributed by atoms with Crippen LogP contribution in [0.1, 0.15) is 11.1 Å². The second-order valence-electron chi connectivity index (χ2n) is 5.12. The number of aryl methyl sites for hydroxylation is 1. The lowest BCUT2D eigenvalue weighted by atomic mass is 10.1. The maximum absolute atomic E-state index is 11.5. The van der Waals surface area contributed by atoms with Crippen LogP contribution >= 0.6 is 12.2 Å². The van der Waals surface area contributed by atoms with Gasteiger partial charge in [0.15, 0.2) is 5.11 Å². The van der Waals surface area contributed by atoms with E-state index < -0.39 is 0 Å². The number of nitrogens with zero attached hydrogens (tertiary/aromatic N) is 1. The van der Waals surface area contributed by atoms with Crippen molar-refractivity contribution in [2.45, 2.75) is 13.5 Å². The molecule has 0 bridgehead atoms. The van der Waals surface area contributed by atoms with Crippen molar-refractivity contribution in [1.82, 2.24) is 10.3 Å². The lowest BCUT2D eigenvalue weighted by Gasteiger charge is -2.11. The third-order valence-corrected chi connectivity index (χ3v) is 3.66. The van der Waals surface area contributed by atoms with Crippen molar-refractivity contribution < 1.29 is 4.42 Å². The van der Waals surface area contributed by atoms with Crippen LogP contribution in [0.4, 0.5) is 5.69 Å². The summed E-state index contributed by atoms with van der Waals surface area (Å²) in [6.45, 7) is 2.49. The van der Waals surface area contributed by atoms with Gasteiger partial charge in [0, 0.05) is 42.1 Å². The van der Waals surface area contributed by atoms with Crippen LogP contribution in [0.2, 0.25) is 0 Å². The van der Waals surface area contributed by atoms with Gasteiger partial charge in [0.05, 0.1) is 0 Å². The highest BCUT2D eigenvalue weighted by atomic mass is 32.1. The molecule has 2 aromatic heterocycles. The van der Waals surface area contributed by atoms with Crippen molar-refractivity contribution in [3.05, 3.63) is 70.3 Å². The summed E-state index contributed by atoms with van der Waals surface area (Å²) in [5.41, 5.74) is 2.92. The van der Waals surface area contributed by atoms with Gasteiger partial charge in [-0.2, -0.15) is 0 Å². The molecule has 0 unspecified atom stereocenters. The molecule has 0 amide bonds. The van der Waals surface area contributed by atoms with Crippen molar-refractivity contribution in [3.8, 4) is 0 Å². The van der Waals surface area contributed by atoms with Crippen molar-refractivity contribution in [2.24, 2.45) is 0 Å². The van der Waals surface area contributed by atoms with E-state index in [1.807, 2.05) is 31.2 Å². The number of thiocarbonyl (C=S) groups is 1. The highest BCUT2D eigenvalue weighted by Crippen LogP contribution is 2.20. The average molecular weight is 325 g/mol.